The lowest BCUT2D eigenvalue weighted by Gasteiger charge is -2.22. The third kappa shape index (κ3) is 4.49. The average Bonchev–Trinajstić information content (AvgIpc) is 2.79. The molecule has 0 bridgehead atoms. The van der Waals surface area contributed by atoms with Crippen LogP contribution < -0.4 is 20.9 Å². The number of halogens is 1. The molecule has 6 nitrogen and oxygen atoms in total. The summed E-state index contributed by atoms with van der Waals surface area (Å²) in [5.41, 5.74) is 3.13. The molecule has 146 valence electrons. The molecule has 2 aromatic carbocycles. The Balaban J connectivity index is 2.01. The number of aliphatic imine (C=N–C) groups is 1. The summed E-state index contributed by atoms with van der Waals surface area (Å²) >= 11 is 11.6. The van der Waals surface area contributed by atoms with E-state index in [9.17, 15) is 4.79 Å². The van der Waals surface area contributed by atoms with Crippen LogP contribution in [0.5, 0.6) is 0 Å². The number of nitrogens with zero attached hydrogens (tertiary/aromatic N) is 2. The van der Waals surface area contributed by atoms with Crippen molar-refractivity contribution in [2.24, 2.45) is 4.99 Å². The summed E-state index contributed by atoms with van der Waals surface area (Å²) in [6.45, 7) is 1.40. The molecule has 1 aliphatic rings. The van der Waals surface area contributed by atoms with Gasteiger partial charge in [-0.05, 0) is 37.5 Å². The number of fused-ring (bicyclic) bond motifs is 1. The number of carbonyl (C=O) groups excluding carboxylic acids is 1. The fourth-order valence-corrected chi connectivity index (χ4v) is 3.33. The molecule has 0 aromatic heterocycles. The van der Waals surface area contributed by atoms with Crippen LogP contribution >= 0.6 is 23.8 Å². The zero-order valence-corrected chi connectivity index (χ0v) is 17.3. The molecule has 1 aliphatic heterocycles. The van der Waals surface area contributed by atoms with Crippen molar-refractivity contribution in [2.45, 2.75) is 6.17 Å². The highest BCUT2D eigenvalue weighted by Crippen LogP contribution is 2.29. The molecule has 2 aromatic rings. The Labute approximate surface area is 175 Å². The molecule has 0 fully saturated rings. The Morgan fingerprint density at radius 2 is 1.96 bits per heavy atom. The van der Waals surface area contributed by atoms with Crippen LogP contribution in [0.4, 0.5) is 5.69 Å². The van der Waals surface area contributed by atoms with E-state index in [2.05, 4.69) is 16.0 Å². The van der Waals surface area contributed by atoms with Gasteiger partial charge in [-0.2, -0.15) is 0 Å². The van der Waals surface area contributed by atoms with Crippen molar-refractivity contribution in [2.75, 3.05) is 32.1 Å². The second-order valence-corrected chi connectivity index (χ2v) is 7.15. The van der Waals surface area contributed by atoms with E-state index in [1.54, 1.807) is 18.0 Å². The smallest absolute Gasteiger partial charge is 0.272 e. The molecule has 0 saturated heterocycles. The quantitative estimate of drug-likeness (QED) is 0.515. The Bertz CT molecular complexity index is 903. The van der Waals surface area contributed by atoms with Crippen LogP contribution in [-0.4, -0.2) is 50.1 Å². The lowest BCUT2D eigenvalue weighted by molar-refractivity contribution is -0.119. The number of hydrogen-bond donors (Lipinski definition) is 3. The number of amides is 1. The zero-order valence-electron chi connectivity index (χ0n) is 15.7. The molecule has 8 heteroatoms. The van der Waals surface area contributed by atoms with Crippen LogP contribution in [0.15, 0.2) is 53.5 Å². The summed E-state index contributed by atoms with van der Waals surface area (Å²) in [6, 6.07) is 15.2. The summed E-state index contributed by atoms with van der Waals surface area (Å²) < 4.78 is 0. The van der Waals surface area contributed by atoms with E-state index in [-0.39, 0.29) is 5.91 Å². The summed E-state index contributed by atoms with van der Waals surface area (Å²) in [7, 11) is 3.59. The molecule has 3 N–H and O–H groups in total. The number of carbonyl (C=O) groups is 1. The van der Waals surface area contributed by atoms with Crippen molar-refractivity contribution in [1.82, 2.24) is 16.0 Å². The number of thiocarbonyl (C=S) groups is 1. The molecule has 3 rings (SSSR count). The summed E-state index contributed by atoms with van der Waals surface area (Å²) in [4.78, 5) is 19.4. The SMILES string of the molecule is CNCCNC(=S)NC1N=C(c2ccccc2)c2cc(Cl)ccc2N(C)C1=O. The van der Waals surface area contributed by atoms with E-state index >= 15 is 0 Å². The zero-order chi connectivity index (χ0) is 20.1. The second-order valence-electron chi connectivity index (χ2n) is 6.31. The average molecular weight is 416 g/mol. The molecule has 1 unspecified atom stereocenters. The van der Waals surface area contributed by atoms with Gasteiger partial charge in [-0.1, -0.05) is 41.9 Å². The van der Waals surface area contributed by atoms with Gasteiger partial charge in [0, 0.05) is 36.3 Å². The van der Waals surface area contributed by atoms with E-state index in [1.165, 1.54) is 0 Å². The normalized spacial score (nSPS) is 16.1. The maximum absolute atomic E-state index is 13.1. The molecule has 0 aliphatic carbocycles. The van der Waals surface area contributed by atoms with E-state index in [0.717, 1.165) is 23.4 Å². The van der Waals surface area contributed by atoms with Crippen molar-refractivity contribution in [3.05, 3.63) is 64.7 Å². The minimum atomic E-state index is -0.846. The van der Waals surface area contributed by atoms with Crippen molar-refractivity contribution in [3.8, 4) is 0 Å². The highest BCUT2D eigenvalue weighted by Gasteiger charge is 2.30. The van der Waals surface area contributed by atoms with Gasteiger partial charge < -0.3 is 20.9 Å². The van der Waals surface area contributed by atoms with Gasteiger partial charge in [0.2, 0.25) is 6.17 Å². The highest BCUT2D eigenvalue weighted by molar-refractivity contribution is 7.80. The minimum Gasteiger partial charge on any atom is -0.361 e. The largest absolute Gasteiger partial charge is 0.361 e. The van der Waals surface area contributed by atoms with Crippen LogP contribution in [-0.2, 0) is 4.79 Å². The standard InChI is InChI=1S/C20H22ClN5OS/c1-22-10-11-23-20(28)25-18-19(27)26(2)16-9-8-14(21)12-15(16)17(24-18)13-6-4-3-5-7-13/h3-9,12,18,22H,10-11H2,1-2H3,(H2,23,25,28). The van der Waals surface area contributed by atoms with Crippen LogP contribution in [0.2, 0.25) is 5.02 Å². The molecule has 1 atom stereocenters. The van der Waals surface area contributed by atoms with Gasteiger partial charge in [0.25, 0.3) is 5.91 Å². The fourth-order valence-electron chi connectivity index (χ4n) is 2.94. The number of benzodiazepines with no additional fused rings is 1. The summed E-state index contributed by atoms with van der Waals surface area (Å²) in [5, 5.41) is 10.1. The number of anilines is 1. The van der Waals surface area contributed by atoms with Gasteiger partial charge in [-0.25, -0.2) is 4.99 Å². The Morgan fingerprint density at radius 1 is 1.21 bits per heavy atom. The molecule has 28 heavy (non-hydrogen) atoms. The topological polar surface area (TPSA) is 68.8 Å². The molecular weight excluding hydrogens is 394 g/mol. The lowest BCUT2D eigenvalue weighted by atomic mass is 10.0. The predicted molar refractivity (Wildman–Crippen MR) is 118 cm³/mol. The minimum absolute atomic E-state index is 0.202. The molecule has 0 saturated carbocycles. The number of hydrogen-bond acceptors (Lipinski definition) is 4. The van der Waals surface area contributed by atoms with Crippen LogP contribution in [0.3, 0.4) is 0 Å². The molecule has 0 spiro atoms. The summed E-state index contributed by atoms with van der Waals surface area (Å²) in [5.74, 6) is -0.202. The van der Waals surface area contributed by atoms with Crippen LogP contribution in [0.25, 0.3) is 0 Å². The van der Waals surface area contributed by atoms with Gasteiger partial charge >= 0.3 is 0 Å². The third-order valence-electron chi connectivity index (χ3n) is 4.37. The lowest BCUT2D eigenvalue weighted by Crippen LogP contribution is -2.50. The first-order valence-corrected chi connectivity index (χ1v) is 9.69. The first-order valence-electron chi connectivity index (χ1n) is 8.91. The van der Waals surface area contributed by atoms with Crippen LogP contribution in [0, 0.1) is 0 Å². The summed E-state index contributed by atoms with van der Waals surface area (Å²) in [6.07, 6.45) is -0.846. The monoisotopic (exact) mass is 415 g/mol. The number of likely N-dealkylation sites (N-methyl/N-ethyl adjacent to an activating group) is 2. The number of rotatable bonds is 5. The van der Waals surface area contributed by atoms with Crippen molar-refractivity contribution in [3.63, 3.8) is 0 Å². The first kappa shape index (κ1) is 20.3. The maximum atomic E-state index is 13.1. The van der Waals surface area contributed by atoms with Crippen molar-refractivity contribution >= 4 is 46.2 Å². The Hall–Kier alpha value is -2.48. The maximum Gasteiger partial charge on any atom is 0.272 e. The van der Waals surface area contributed by atoms with Gasteiger partial charge in [-0.3, -0.25) is 4.79 Å². The third-order valence-corrected chi connectivity index (χ3v) is 4.87. The van der Waals surface area contributed by atoms with Gasteiger partial charge in [0.05, 0.1) is 11.4 Å². The van der Waals surface area contributed by atoms with Gasteiger partial charge in [0.15, 0.2) is 5.11 Å². The number of nitrogens with one attached hydrogen (secondary N) is 3. The van der Waals surface area contributed by atoms with E-state index in [4.69, 9.17) is 28.8 Å². The first-order chi connectivity index (χ1) is 13.5. The van der Waals surface area contributed by atoms with E-state index in [0.29, 0.717) is 22.4 Å². The van der Waals surface area contributed by atoms with Crippen molar-refractivity contribution < 1.29 is 4.79 Å². The van der Waals surface area contributed by atoms with Crippen molar-refractivity contribution in [1.29, 1.82) is 0 Å². The molecule has 1 heterocycles. The second kappa shape index (κ2) is 9.14. The van der Waals surface area contributed by atoms with E-state index < -0.39 is 6.17 Å². The number of benzene rings is 2. The Morgan fingerprint density at radius 3 is 2.68 bits per heavy atom. The van der Waals surface area contributed by atoms with Crippen LogP contribution in [0.1, 0.15) is 11.1 Å². The predicted octanol–water partition coefficient (Wildman–Crippen LogP) is 2.16. The highest BCUT2D eigenvalue weighted by atomic mass is 35.5. The van der Waals surface area contributed by atoms with Gasteiger partial charge in [-0.15, -0.1) is 0 Å². The molecular formula is C20H22ClN5OS. The Kier molecular flexibility index (Phi) is 6.61. The van der Waals surface area contributed by atoms with Gasteiger partial charge in [0.1, 0.15) is 0 Å². The van der Waals surface area contributed by atoms with E-state index in [1.807, 2.05) is 49.5 Å². The fraction of sp³-hybridized carbons (Fsp3) is 0.250. The molecule has 0 radical (unpaired) electrons. The molecule has 1 amide bonds.